The summed E-state index contributed by atoms with van der Waals surface area (Å²) in [4.78, 5) is 15.2. The predicted octanol–water partition coefficient (Wildman–Crippen LogP) is 5.38. The number of carbonyl (C=O) groups is 1. The van der Waals surface area contributed by atoms with Crippen LogP contribution in [0.3, 0.4) is 0 Å². The molecule has 31 heavy (non-hydrogen) atoms. The van der Waals surface area contributed by atoms with E-state index in [-0.39, 0.29) is 11.7 Å². The Morgan fingerprint density at radius 3 is 2.26 bits per heavy atom. The normalized spacial score (nSPS) is 15.1. The van der Waals surface area contributed by atoms with Gasteiger partial charge in [-0.2, -0.15) is 0 Å². The van der Waals surface area contributed by atoms with Crippen LogP contribution in [0.1, 0.15) is 72.9 Å². The Bertz CT molecular complexity index is 1080. The number of rotatable bonds is 5. The van der Waals surface area contributed by atoms with Crippen LogP contribution in [0.5, 0.6) is 0 Å². The highest BCUT2D eigenvalue weighted by Crippen LogP contribution is 2.37. The second kappa shape index (κ2) is 8.63. The molecular weight excluding hydrogens is 380 g/mol. The van der Waals surface area contributed by atoms with Gasteiger partial charge in [-0.1, -0.05) is 62.6 Å². The first-order valence-corrected chi connectivity index (χ1v) is 11.0. The van der Waals surface area contributed by atoms with E-state index in [1.54, 1.807) is 7.05 Å². The lowest BCUT2D eigenvalue weighted by Gasteiger charge is -2.34. The van der Waals surface area contributed by atoms with E-state index in [1.807, 2.05) is 13.0 Å². The maximum Gasteiger partial charge on any atom is 0.242 e. The van der Waals surface area contributed by atoms with Crippen molar-refractivity contribution < 1.29 is 4.79 Å². The summed E-state index contributed by atoms with van der Waals surface area (Å²) < 4.78 is 0. The van der Waals surface area contributed by atoms with Gasteiger partial charge in [0, 0.05) is 18.5 Å². The zero-order valence-electron chi connectivity index (χ0n) is 19.7. The average molecular weight is 415 g/mol. The van der Waals surface area contributed by atoms with Gasteiger partial charge in [0.1, 0.15) is 0 Å². The molecule has 0 aliphatic heterocycles. The Labute approximate surface area is 187 Å². The lowest BCUT2D eigenvalue weighted by molar-refractivity contribution is -0.132. The molecule has 3 nitrogen and oxygen atoms in total. The van der Waals surface area contributed by atoms with Crippen molar-refractivity contribution in [2.75, 3.05) is 7.05 Å². The monoisotopic (exact) mass is 414 g/mol. The van der Waals surface area contributed by atoms with Crippen LogP contribution < -0.4 is 5.73 Å². The van der Waals surface area contributed by atoms with Crippen LogP contribution in [0.15, 0.2) is 48.8 Å². The molecule has 0 radical (unpaired) electrons. The first-order valence-electron chi connectivity index (χ1n) is 11.0. The summed E-state index contributed by atoms with van der Waals surface area (Å²) >= 11 is 0. The van der Waals surface area contributed by atoms with Crippen molar-refractivity contribution in [3.05, 3.63) is 82.2 Å². The van der Waals surface area contributed by atoms with Gasteiger partial charge in [0.05, 0.1) is 11.2 Å². The van der Waals surface area contributed by atoms with Gasteiger partial charge in [-0.3, -0.25) is 4.79 Å². The number of carbonyl (C=O) groups excluding carboxylic acids is 1. The number of likely N-dealkylation sites (N-methyl/N-ethyl adjacent to an activating group) is 1. The topological polar surface area (TPSA) is 46.3 Å². The quantitative estimate of drug-likeness (QED) is 0.668. The molecule has 0 spiro atoms. The summed E-state index contributed by atoms with van der Waals surface area (Å²) in [5, 5.41) is 0. The third kappa shape index (κ3) is 4.54. The van der Waals surface area contributed by atoms with E-state index in [1.165, 1.54) is 28.9 Å². The van der Waals surface area contributed by atoms with Crippen LogP contribution in [-0.2, 0) is 10.2 Å². The summed E-state index contributed by atoms with van der Waals surface area (Å²) in [5.74, 6) is 7.71. The minimum Gasteiger partial charge on any atom is -0.386 e. The van der Waals surface area contributed by atoms with Crippen LogP contribution in [0, 0.1) is 31.6 Å². The number of hydrogen-bond donors (Lipinski definition) is 1. The molecule has 1 amide bonds. The minimum absolute atomic E-state index is 0.108. The summed E-state index contributed by atoms with van der Waals surface area (Å²) in [6, 6.07) is 12.5. The molecule has 0 heterocycles. The van der Waals surface area contributed by atoms with Crippen LogP contribution in [0.25, 0.3) is 0 Å². The molecule has 1 atom stereocenters. The zero-order valence-corrected chi connectivity index (χ0v) is 19.7. The molecule has 1 aliphatic rings. The van der Waals surface area contributed by atoms with Gasteiger partial charge in [0.15, 0.2) is 0 Å². The van der Waals surface area contributed by atoms with Gasteiger partial charge < -0.3 is 10.6 Å². The third-order valence-corrected chi connectivity index (χ3v) is 6.45. The van der Waals surface area contributed by atoms with Crippen LogP contribution in [-0.4, -0.2) is 17.9 Å². The maximum absolute atomic E-state index is 13.8. The molecule has 0 saturated heterocycles. The van der Waals surface area contributed by atoms with Gasteiger partial charge in [-0.25, -0.2) is 0 Å². The smallest absolute Gasteiger partial charge is 0.242 e. The third-order valence-electron chi connectivity index (χ3n) is 6.45. The molecule has 2 N–H and O–H groups in total. The molecule has 3 rings (SSSR count). The second-order valence-corrected chi connectivity index (χ2v) is 9.28. The first-order chi connectivity index (χ1) is 14.6. The molecule has 1 unspecified atom stereocenters. The Morgan fingerprint density at radius 1 is 1.13 bits per heavy atom. The second-order valence-electron chi connectivity index (χ2n) is 9.28. The highest BCUT2D eigenvalue weighted by Gasteiger charge is 2.40. The lowest BCUT2D eigenvalue weighted by atomic mass is 9.73. The number of hydrogen-bond acceptors (Lipinski definition) is 2. The van der Waals surface area contributed by atoms with Crippen molar-refractivity contribution in [3.63, 3.8) is 0 Å². The highest BCUT2D eigenvalue weighted by molar-refractivity contribution is 5.92. The van der Waals surface area contributed by atoms with Gasteiger partial charge >= 0.3 is 0 Å². The molecule has 0 aromatic heterocycles. The Morgan fingerprint density at radius 2 is 1.71 bits per heavy atom. The van der Waals surface area contributed by atoms with E-state index in [2.05, 4.69) is 76.4 Å². The van der Waals surface area contributed by atoms with Crippen LogP contribution in [0.2, 0.25) is 0 Å². The van der Waals surface area contributed by atoms with E-state index in [0.717, 1.165) is 22.3 Å². The first kappa shape index (κ1) is 22.7. The largest absolute Gasteiger partial charge is 0.386 e. The van der Waals surface area contributed by atoms with E-state index < -0.39 is 5.41 Å². The van der Waals surface area contributed by atoms with Gasteiger partial charge in [-0.15, -0.1) is 0 Å². The zero-order chi connectivity index (χ0) is 22.9. The van der Waals surface area contributed by atoms with Crippen molar-refractivity contribution >= 4 is 5.91 Å². The van der Waals surface area contributed by atoms with Crippen molar-refractivity contribution in [2.24, 2.45) is 11.7 Å². The van der Waals surface area contributed by atoms with Gasteiger partial charge in [0.25, 0.3) is 0 Å². The van der Waals surface area contributed by atoms with Gasteiger partial charge in [-0.05, 0) is 73.4 Å². The van der Waals surface area contributed by atoms with Crippen LogP contribution in [0.4, 0.5) is 0 Å². The molecule has 162 valence electrons. The fraction of sp³-hybridized carbons (Fsp3) is 0.393. The SMILES string of the molecule is C=C(N)N(C)C(=O)C(C)(c1ccc(C)c(C#CC2CC2)c1)c1ccc(C)c(C(C)C)c1. The molecule has 3 heteroatoms. The Hall–Kier alpha value is -2.99. The average Bonchev–Trinajstić information content (AvgIpc) is 3.56. The van der Waals surface area contributed by atoms with E-state index >= 15 is 0 Å². The molecule has 1 fully saturated rings. The lowest BCUT2D eigenvalue weighted by Crippen LogP contribution is -2.45. The van der Waals surface area contributed by atoms with Crippen LogP contribution >= 0.6 is 0 Å². The van der Waals surface area contributed by atoms with Crippen molar-refractivity contribution in [3.8, 4) is 11.8 Å². The van der Waals surface area contributed by atoms with Crippen molar-refractivity contribution in [1.82, 2.24) is 4.90 Å². The van der Waals surface area contributed by atoms with E-state index in [4.69, 9.17) is 5.73 Å². The molecular formula is C28H34N2O. The highest BCUT2D eigenvalue weighted by atomic mass is 16.2. The number of aryl methyl sites for hydroxylation is 2. The molecule has 1 saturated carbocycles. The summed E-state index contributed by atoms with van der Waals surface area (Å²) in [6.45, 7) is 14.3. The maximum atomic E-state index is 13.8. The number of amides is 1. The van der Waals surface area contributed by atoms with E-state index in [9.17, 15) is 4.79 Å². The molecule has 0 bridgehead atoms. The van der Waals surface area contributed by atoms with Gasteiger partial charge in [0.2, 0.25) is 5.91 Å². The standard InChI is InChI=1S/C28H34N2O/c1-18(2)26-17-25(15-9-20(26)4)28(6,27(31)30(7)21(5)29)24-14-8-19(3)23(16-24)13-12-22-10-11-22/h8-9,14-18,22H,5,10-11,29H2,1-4,6-7H3. The molecule has 1 aliphatic carbocycles. The Kier molecular flexibility index (Phi) is 6.32. The predicted molar refractivity (Wildman–Crippen MR) is 129 cm³/mol. The molecule has 2 aromatic carbocycles. The Balaban J connectivity index is 2.21. The summed E-state index contributed by atoms with van der Waals surface area (Å²) in [6.07, 6.45) is 2.37. The summed E-state index contributed by atoms with van der Waals surface area (Å²) in [5.41, 5.74) is 11.4. The fourth-order valence-corrected chi connectivity index (χ4v) is 3.93. The summed E-state index contributed by atoms with van der Waals surface area (Å²) in [7, 11) is 1.68. The van der Waals surface area contributed by atoms with Crippen molar-refractivity contribution in [1.29, 1.82) is 0 Å². The fourth-order valence-electron chi connectivity index (χ4n) is 3.93. The molecule has 2 aromatic rings. The van der Waals surface area contributed by atoms with E-state index in [0.29, 0.717) is 11.8 Å². The van der Waals surface area contributed by atoms with Crippen molar-refractivity contribution in [2.45, 2.75) is 58.8 Å². The number of nitrogens with zero attached hydrogens (tertiary/aromatic N) is 1. The number of benzene rings is 2. The minimum atomic E-state index is -0.919. The number of nitrogens with two attached hydrogens (primary N) is 1.